The smallest absolute Gasteiger partial charge is 0.413 e. The van der Waals surface area contributed by atoms with Crippen LogP contribution in [-0.2, 0) is 11.2 Å². The van der Waals surface area contributed by atoms with Crippen molar-refractivity contribution >= 4 is 52.7 Å². The fraction of sp³-hybridized carbons (Fsp3) is 0.304. The number of halogens is 2. The van der Waals surface area contributed by atoms with Crippen LogP contribution in [0, 0.1) is 6.92 Å². The minimum atomic E-state index is -0.656. The topological polar surface area (TPSA) is 110 Å². The maximum absolute atomic E-state index is 13.7. The molecule has 3 aromatic rings. The van der Waals surface area contributed by atoms with Crippen LogP contribution in [0.4, 0.5) is 22.2 Å². The number of rotatable bonds is 5. The van der Waals surface area contributed by atoms with Gasteiger partial charge in [0, 0.05) is 12.6 Å². The zero-order valence-corrected chi connectivity index (χ0v) is 20.9. The number of ether oxygens (including phenoxy) is 1. The predicted molar refractivity (Wildman–Crippen MR) is 131 cm³/mol. The van der Waals surface area contributed by atoms with Crippen molar-refractivity contribution in [2.75, 3.05) is 10.2 Å². The fourth-order valence-corrected chi connectivity index (χ4v) is 3.45. The Bertz CT molecular complexity index is 1190. The number of benzene rings is 1. The summed E-state index contributed by atoms with van der Waals surface area (Å²) in [5, 5.41) is 2.82. The maximum Gasteiger partial charge on any atom is 0.413 e. The highest BCUT2D eigenvalue weighted by molar-refractivity contribution is 6.34. The average Bonchev–Trinajstić information content (AvgIpc) is 2.74. The summed E-state index contributed by atoms with van der Waals surface area (Å²) in [7, 11) is 0. The molecule has 0 atom stereocenters. The Morgan fingerprint density at radius 2 is 1.82 bits per heavy atom. The molecule has 0 fully saturated rings. The van der Waals surface area contributed by atoms with E-state index >= 15 is 0 Å². The van der Waals surface area contributed by atoms with E-state index in [0.717, 1.165) is 5.56 Å². The van der Waals surface area contributed by atoms with Crippen LogP contribution in [0.25, 0.3) is 0 Å². The van der Waals surface area contributed by atoms with Crippen LogP contribution in [0.2, 0.25) is 10.3 Å². The van der Waals surface area contributed by atoms with Gasteiger partial charge in [-0.15, -0.1) is 0 Å². The molecule has 0 saturated carbocycles. The second-order valence-corrected chi connectivity index (χ2v) is 9.02. The number of nitrogens with one attached hydrogen (secondary N) is 1. The lowest BCUT2D eigenvalue weighted by atomic mass is 10.1. The fourth-order valence-electron chi connectivity index (χ4n) is 2.97. The third-order valence-corrected chi connectivity index (χ3v) is 4.89. The van der Waals surface area contributed by atoms with Crippen LogP contribution in [0.5, 0.6) is 0 Å². The van der Waals surface area contributed by atoms with E-state index in [1.54, 1.807) is 32.9 Å². The largest absolute Gasteiger partial charge is 0.444 e. The number of carbonyl (C=O) groups excluding carboxylic acids is 2. The van der Waals surface area contributed by atoms with Gasteiger partial charge in [0.1, 0.15) is 17.2 Å². The molecular weight excluding hydrogens is 479 g/mol. The monoisotopic (exact) mass is 502 g/mol. The van der Waals surface area contributed by atoms with Gasteiger partial charge in [0.15, 0.2) is 0 Å². The van der Waals surface area contributed by atoms with Crippen LogP contribution in [0.15, 0.2) is 36.5 Å². The molecule has 0 aliphatic rings. The third kappa shape index (κ3) is 6.18. The Morgan fingerprint density at radius 1 is 1.09 bits per heavy atom. The normalized spacial score (nSPS) is 11.1. The first-order valence-corrected chi connectivity index (χ1v) is 11.2. The highest BCUT2D eigenvalue weighted by Crippen LogP contribution is 2.35. The summed E-state index contributed by atoms with van der Waals surface area (Å²) in [4.78, 5) is 43.7. The summed E-state index contributed by atoms with van der Waals surface area (Å²) in [5.74, 6) is 0.195. The number of pyridine rings is 1. The van der Waals surface area contributed by atoms with Gasteiger partial charge in [0.25, 0.3) is 5.91 Å². The van der Waals surface area contributed by atoms with E-state index in [0.29, 0.717) is 23.0 Å². The second kappa shape index (κ2) is 10.3. The molecule has 11 heteroatoms. The van der Waals surface area contributed by atoms with Crippen molar-refractivity contribution in [2.24, 2.45) is 0 Å². The Labute approximate surface area is 207 Å². The lowest BCUT2D eigenvalue weighted by Gasteiger charge is -2.24. The summed E-state index contributed by atoms with van der Waals surface area (Å²) < 4.78 is 5.22. The van der Waals surface area contributed by atoms with Crippen LogP contribution >= 0.6 is 23.2 Å². The van der Waals surface area contributed by atoms with E-state index in [1.807, 2.05) is 19.9 Å². The van der Waals surface area contributed by atoms with E-state index in [-0.39, 0.29) is 22.6 Å². The Kier molecular flexibility index (Phi) is 7.68. The summed E-state index contributed by atoms with van der Waals surface area (Å²) in [6.45, 7) is 8.94. The van der Waals surface area contributed by atoms with Gasteiger partial charge in [0.2, 0.25) is 11.2 Å². The molecule has 178 valence electrons. The molecule has 2 aromatic heterocycles. The van der Waals surface area contributed by atoms with Crippen molar-refractivity contribution in [3.8, 4) is 0 Å². The standard InChI is InChI=1S/C23H24Cl2N6O3/c1-6-16-27-20(25)30-21(28-16)31(18-13(2)8-7-9-15(18)24)19(32)14-10-11-17(26-12-14)29-22(33)34-23(3,4)5/h7-12H,6H2,1-5H3,(H,26,29,33). The number of carbonyl (C=O) groups is 2. The predicted octanol–water partition coefficient (Wildman–Crippen LogP) is 5.77. The van der Waals surface area contributed by atoms with Gasteiger partial charge in [-0.25, -0.2) is 19.7 Å². The van der Waals surface area contributed by atoms with Gasteiger partial charge >= 0.3 is 6.09 Å². The number of hydrogen-bond donors (Lipinski definition) is 1. The SMILES string of the molecule is CCc1nc(Cl)nc(N(C(=O)c2ccc(NC(=O)OC(C)(C)C)nc2)c2c(C)cccc2Cl)n1. The molecule has 0 saturated heterocycles. The number of aryl methyl sites for hydroxylation is 2. The summed E-state index contributed by atoms with van der Waals surface area (Å²) in [6, 6.07) is 8.27. The number of para-hydroxylation sites is 1. The molecule has 0 aliphatic heterocycles. The van der Waals surface area contributed by atoms with Gasteiger partial charge in [-0.2, -0.15) is 9.97 Å². The molecule has 2 heterocycles. The molecule has 2 amide bonds. The molecule has 3 rings (SSSR count). The van der Waals surface area contributed by atoms with Crippen LogP contribution in [0.1, 0.15) is 49.4 Å². The number of amides is 2. The van der Waals surface area contributed by atoms with Gasteiger partial charge < -0.3 is 4.74 Å². The Hall–Kier alpha value is -3.30. The van der Waals surface area contributed by atoms with Crippen molar-refractivity contribution in [1.82, 2.24) is 19.9 Å². The number of nitrogens with zero attached hydrogens (tertiary/aromatic N) is 5. The van der Waals surface area contributed by atoms with Crippen LogP contribution < -0.4 is 10.2 Å². The highest BCUT2D eigenvalue weighted by Gasteiger charge is 2.27. The lowest BCUT2D eigenvalue weighted by Crippen LogP contribution is -2.30. The number of hydrogen-bond acceptors (Lipinski definition) is 7. The quantitative estimate of drug-likeness (QED) is 0.471. The van der Waals surface area contributed by atoms with Crippen LogP contribution in [0.3, 0.4) is 0 Å². The maximum atomic E-state index is 13.7. The molecule has 9 nitrogen and oxygen atoms in total. The van der Waals surface area contributed by atoms with E-state index in [9.17, 15) is 9.59 Å². The molecule has 0 radical (unpaired) electrons. The molecule has 1 N–H and O–H groups in total. The third-order valence-electron chi connectivity index (χ3n) is 4.41. The van der Waals surface area contributed by atoms with E-state index in [1.165, 1.54) is 23.2 Å². The summed E-state index contributed by atoms with van der Waals surface area (Å²) in [5.41, 5.74) is 0.695. The zero-order chi connectivity index (χ0) is 25.0. The Balaban J connectivity index is 2.00. The highest BCUT2D eigenvalue weighted by atomic mass is 35.5. The van der Waals surface area contributed by atoms with Crippen molar-refractivity contribution in [3.05, 3.63) is 63.8 Å². The minimum absolute atomic E-state index is 0.0361. The first-order valence-electron chi connectivity index (χ1n) is 10.4. The molecular formula is C23H24Cl2N6O3. The van der Waals surface area contributed by atoms with Gasteiger partial charge in [-0.3, -0.25) is 10.1 Å². The molecule has 0 bridgehead atoms. The van der Waals surface area contributed by atoms with Crippen molar-refractivity contribution in [3.63, 3.8) is 0 Å². The zero-order valence-electron chi connectivity index (χ0n) is 19.4. The van der Waals surface area contributed by atoms with E-state index in [2.05, 4.69) is 25.3 Å². The van der Waals surface area contributed by atoms with Crippen molar-refractivity contribution in [1.29, 1.82) is 0 Å². The summed E-state index contributed by atoms with van der Waals surface area (Å²) in [6.07, 6.45) is 1.17. The first kappa shape index (κ1) is 25.3. The van der Waals surface area contributed by atoms with E-state index in [4.69, 9.17) is 27.9 Å². The molecule has 1 aromatic carbocycles. The van der Waals surface area contributed by atoms with Crippen molar-refractivity contribution < 1.29 is 14.3 Å². The molecule has 34 heavy (non-hydrogen) atoms. The van der Waals surface area contributed by atoms with Gasteiger partial charge in [0.05, 0.1) is 16.3 Å². The molecule has 0 unspecified atom stereocenters. The average molecular weight is 503 g/mol. The van der Waals surface area contributed by atoms with Crippen molar-refractivity contribution in [2.45, 2.75) is 46.6 Å². The van der Waals surface area contributed by atoms with Gasteiger partial charge in [-0.1, -0.05) is 30.7 Å². The lowest BCUT2D eigenvalue weighted by molar-refractivity contribution is 0.0635. The second-order valence-electron chi connectivity index (χ2n) is 8.28. The number of anilines is 3. The van der Waals surface area contributed by atoms with E-state index < -0.39 is 17.6 Å². The Morgan fingerprint density at radius 3 is 2.41 bits per heavy atom. The minimum Gasteiger partial charge on any atom is -0.444 e. The molecule has 0 spiro atoms. The number of aromatic nitrogens is 4. The summed E-state index contributed by atoms with van der Waals surface area (Å²) >= 11 is 12.6. The molecule has 0 aliphatic carbocycles. The van der Waals surface area contributed by atoms with Crippen LogP contribution in [-0.4, -0.2) is 37.5 Å². The first-order chi connectivity index (χ1) is 16.0. The van der Waals surface area contributed by atoms with Gasteiger partial charge in [-0.05, 0) is 63.1 Å².